The van der Waals surface area contributed by atoms with E-state index in [1.54, 1.807) is 27.0 Å². The molecule has 1 aromatic heterocycles. The average Bonchev–Trinajstić information content (AvgIpc) is 2.87. The monoisotopic (exact) mass is 294 g/mol. The Balaban J connectivity index is 2.13. The van der Waals surface area contributed by atoms with Crippen LogP contribution >= 0.6 is 11.3 Å². The molecule has 0 bridgehead atoms. The van der Waals surface area contributed by atoms with Crippen LogP contribution in [0.25, 0.3) is 0 Å². The van der Waals surface area contributed by atoms with Gasteiger partial charge in [0.2, 0.25) is 5.13 Å². The van der Waals surface area contributed by atoms with Crippen molar-refractivity contribution in [1.82, 2.24) is 10.2 Å². The molecular formula is C12H14N4O3S. The minimum absolute atomic E-state index is 0.100. The minimum Gasteiger partial charge on any atom is -0.486 e. The molecule has 7 nitrogen and oxygen atoms in total. The van der Waals surface area contributed by atoms with Gasteiger partial charge in [-0.25, -0.2) is 0 Å². The van der Waals surface area contributed by atoms with Gasteiger partial charge < -0.3 is 10.1 Å². The molecule has 0 aliphatic rings. The van der Waals surface area contributed by atoms with Crippen LogP contribution < -0.4 is 10.1 Å². The van der Waals surface area contributed by atoms with Gasteiger partial charge in [-0.15, -0.1) is 10.2 Å². The van der Waals surface area contributed by atoms with Gasteiger partial charge in [-0.1, -0.05) is 11.3 Å². The number of nitrogens with one attached hydrogen (secondary N) is 1. The van der Waals surface area contributed by atoms with Crippen LogP contribution in [0.2, 0.25) is 0 Å². The van der Waals surface area contributed by atoms with Crippen LogP contribution in [0, 0.1) is 24.0 Å². The zero-order valence-electron chi connectivity index (χ0n) is 11.3. The van der Waals surface area contributed by atoms with E-state index in [9.17, 15) is 10.1 Å². The highest BCUT2D eigenvalue weighted by Crippen LogP contribution is 2.28. The first-order valence-corrected chi connectivity index (χ1v) is 6.71. The van der Waals surface area contributed by atoms with Crippen molar-refractivity contribution in [2.75, 3.05) is 12.4 Å². The van der Waals surface area contributed by atoms with E-state index in [-0.39, 0.29) is 12.3 Å². The van der Waals surface area contributed by atoms with Crippen LogP contribution in [0.1, 0.15) is 16.1 Å². The van der Waals surface area contributed by atoms with Gasteiger partial charge in [-0.05, 0) is 25.5 Å². The highest BCUT2D eigenvalue weighted by atomic mass is 32.1. The smallest absolute Gasteiger partial charge is 0.272 e. The highest BCUT2D eigenvalue weighted by Gasteiger charge is 2.14. The molecule has 0 atom stereocenters. The third-order valence-electron chi connectivity index (χ3n) is 2.72. The topological polar surface area (TPSA) is 90.2 Å². The zero-order valence-corrected chi connectivity index (χ0v) is 12.2. The van der Waals surface area contributed by atoms with E-state index >= 15 is 0 Å². The molecule has 1 N–H and O–H groups in total. The number of ether oxygens (including phenoxy) is 1. The van der Waals surface area contributed by atoms with Gasteiger partial charge in [0.1, 0.15) is 12.4 Å². The number of benzene rings is 1. The van der Waals surface area contributed by atoms with Crippen molar-refractivity contribution < 1.29 is 9.66 Å². The molecule has 0 unspecified atom stereocenters. The summed E-state index contributed by atoms with van der Waals surface area (Å²) in [6, 6.07) is 3.19. The Morgan fingerprint density at radius 3 is 2.70 bits per heavy atom. The van der Waals surface area contributed by atoms with Crippen LogP contribution in [0.3, 0.4) is 0 Å². The predicted molar refractivity (Wildman–Crippen MR) is 76.4 cm³/mol. The highest BCUT2D eigenvalue weighted by molar-refractivity contribution is 7.15. The molecule has 0 fully saturated rings. The fraction of sp³-hybridized carbons (Fsp3) is 0.333. The van der Waals surface area contributed by atoms with E-state index < -0.39 is 4.92 Å². The van der Waals surface area contributed by atoms with E-state index in [2.05, 4.69) is 15.5 Å². The van der Waals surface area contributed by atoms with Gasteiger partial charge >= 0.3 is 0 Å². The fourth-order valence-corrected chi connectivity index (χ4v) is 2.29. The van der Waals surface area contributed by atoms with E-state index in [1.807, 2.05) is 0 Å². The zero-order chi connectivity index (χ0) is 14.7. The maximum Gasteiger partial charge on any atom is 0.272 e. The molecule has 2 rings (SSSR count). The van der Waals surface area contributed by atoms with Gasteiger partial charge in [0.25, 0.3) is 5.69 Å². The molecule has 0 amide bonds. The van der Waals surface area contributed by atoms with Crippen molar-refractivity contribution in [3.05, 3.63) is 38.4 Å². The lowest BCUT2D eigenvalue weighted by molar-refractivity contribution is -0.385. The second kappa shape index (κ2) is 5.83. The number of nitro groups is 1. The molecule has 20 heavy (non-hydrogen) atoms. The predicted octanol–water partition coefficient (Wildman–Crippen LogP) is 2.68. The largest absolute Gasteiger partial charge is 0.486 e. The van der Waals surface area contributed by atoms with Crippen molar-refractivity contribution in [3.63, 3.8) is 0 Å². The van der Waals surface area contributed by atoms with E-state index in [1.165, 1.54) is 17.4 Å². The number of aryl methyl sites for hydroxylation is 2. The molecule has 0 spiro atoms. The number of aromatic nitrogens is 2. The molecule has 1 aromatic carbocycles. The molecular weight excluding hydrogens is 280 g/mol. The summed E-state index contributed by atoms with van der Waals surface area (Å²) in [5.74, 6) is 0.620. The third-order valence-corrected chi connectivity index (χ3v) is 3.64. The van der Waals surface area contributed by atoms with Crippen LogP contribution in [0.15, 0.2) is 12.1 Å². The Hall–Kier alpha value is -2.22. The number of rotatable bonds is 5. The maximum atomic E-state index is 10.8. The number of hydrogen-bond acceptors (Lipinski definition) is 7. The molecule has 0 radical (unpaired) electrons. The first-order valence-electron chi connectivity index (χ1n) is 5.90. The maximum absolute atomic E-state index is 10.8. The number of hydrogen-bond donors (Lipinski definition) is 1. The van der Waals surface area contributed by atoms with Crippen LogP contribution in [-0.4, -0.2) is 22.2 Å². The molecule has 2 aromatic rings. The lowest BCUT2D eigenvalue weighted by Gasteiger charge is -2.08. The van der Waals surface area contributed by atoms with Gasteiger partial charge in [0.05, 0.1) is 4.92 Å². The molecule has 0 saturated heterocycles. The second-order valence-electron chi connectivity index (χ2n) is 4.20. The Morgan fingerprint density at radius 1 is 1.35 bits per heavy atom. The van der Waals surface area contributed by atoms with E-state index in [4.69, 9.17) is 4.74 Å². The normalized spacial score (nSPS) is 10.3. The first-order chi connectivity index (χ1) is 9.51. The Labute approximate surface area is 119 Å². The lowest BCUT2D eigenvalue weighted by Crippen LogP contribution is -1.99. The number of anilines is 1. The fourth-order valence-electron chi connectivity index (χ4n) is 1.68. The summed E-state index contributed by atoms with van der Waals surface area (Å²) in [6.45, 7) is 3.76. The van der Waals surface area contributed by atoms with Crippen molar-refractivity contribution in [2.45, 2.75) is 20.5 Å². The Kier molecular flexibility index (Phi) is 4.14. The summed E-state index contributed by atoms with van der Waals surface area (Å²) in [5.41, 5.74) is 1.40. The lowest BCUT2D eigenvalue weighted by atomic mass is 10.1. The third kappa shape index (κ3) is 3.02. The summed E-state index contributed by atoms with van der Waals surface area (Å²) in [6.07, 6.45) is 0. The summed E-state index contributed by atoms with van der Waals surface area (Å²) >= 11 is 1.40. The van der Waals surface area contributed by atoms with Gasteiger partial charge in [-0.2, -0.15) is 0 Å². The van der Waals surface area contributed by atoms with Crippen molar-refractivity contribution >= 4 is 22.2 Å². The van der Waals surface area contributed by atoms with E-state index in [0.717, 1.165) is 15.7 Å². The summed E-state index contributed by atoms with van der Waals surface area (Å²) < 4.78 is 5.65. The molecule has 8 heteroatoms. The van der Waals surface area contributed by atoms with Crippen molar-refractivity contribution in [3.8, 4) is 5.75 Å². The Bertz CT molecular complexity index is 642. The van der Waals surface area contributed by atoms with Crippen molar-refractivity contribution in [2.24, 2.45) is 0 Å². The Morgan fingerprint density at radius 2 is 2.10 bits per heavy atom. The van der Waals surface area contributed by atoms with Gasteiger partial charge in [-0.3, -0.25) is 10.1 Å². The second-order valence-corrected chi connectivity index (χ2v) is 5.26. The SMILES string of the molecule is CNc1nnc(COc2cc(C)c([N+](=O)[O-])cc2C)s1. The van der Waals surface area contributed by atoms with Crippen LogP contribution in [-0.2, 0) is 6.61 Å². The number of nitro benzene ring substituents is 1. The molecule has 0 aliphatic heterocycles. The summed E-state index contributed by atoms with van der Waals surface area (Å²) in [7, 11) is 1.77. The summed E-state index contributed by atoms with van der Waals surface area (Å²) in [4.78, 5) is 10.4. The van der Waals surface area contributed by atoms with E-state index in [0.29, 0.717) is 11.3 Å². The standard InChI is InChI=1S/C12H14N4O3S/c1-7-5-10(8(2)4-9(7)16(17)18)19-6-11-14-15-12(13-3)20-11/h4-5H,6H2,1-3H3,(H,13,15). The minimum atomic E-state index is -0.393. The average molecular weight is 294 g/mol. The van der Waals surface area contributed by atoms with Gasteiger partial charge in [0, 0.05) is 18.7 Å². The quantitative estimate of drug-likeness (QED) is 0.673. The van der Waals surface area contributed by atoms with Crippen LogP contribution in [0.4, 0.5) is 10.8 Å². The van der Waals surface area contributed by atoms with Crippen LogP contribution in [0.5, 0.6) is 5.75 Å². The summed E-state index contributed by atoms with van der Waals surface area (Å²) in [5, 5.41) is 23.1. The number of nitrogens with zero attached hydrogens (tertiary/aromatic N) is 3. The first kappa shape index (κ1) is 14.2. The molecule has 0 saturated carbocycles. The molecule has 106 valence electrons. The molecule has 1 heterocycles. The molecule has 0 aliphatic carbocycles. The van der Waals surface area contributed by atoms with Gasteiger partial charge in [0.15, 0.2) is 5.01 Å². The van der Waals surface area contributed by atoms with Crippen molar-refractivity contribution in [1.29, 1.82) is 0 Å².